The first kappa shape index (κ1) is 18.4. The SMILES string of the molecule is Cc1ccc(-c2cc(-c3cc(C(F)(F)F)ccc3F)c(C#N)c(=O)[nH]2)cc1. The second-order valence-electron chi connectivity index (χ2n) is 5.97. The molecule has 0 fully saturated rings. The summed E-state index contributed by atoms with van der Waals surface area (Å²) in [6, 6.07) is 11.8. The first-order chi connectivity index (χ1) is 12.7. The monoisotopic (exact) mass is 372 g/mol. The molecule has 0 saturated heterocycles. The number of nitrogens with zero attached hydrogens (tertiary/aromatic N) is 1. The van der Waals surface area contributed by atoms with E-state index < -0.39 is 34.2 Å². The van der Waals surface area contributed by atoms with Gasteiger partial charge in [0, 0.05) is 16.8 Å². The van der Waals surface area contributed by atoms with Crippen molar-refractivity contribution in [3.8, 4) is 28.5 Å². The number of pyridine rings is 1. The zero-order chi connectivity index (χ0) is 19.8. The Balaban J connectivity index is 2.28. The van der Waals surface area contributed by atoms with Gasteiger partial charge in [-0.2, -0.15) is 18.4 Å². The minimum Gasteiger partial charge on any atom is -0.321 e. The molecule has 0 saturated carbocycles. The Kier molecular flexibility index (Phi) is 4.58. The summed E-state index contributed by atoms with van der Waals surface area (Å²) < 4.78 is 53.3. The molecule has 0 aliphatic heterocycles. The second-order valence-corrected chi connectivity index (χ2v) is 5.97. The Morgan fingerprint density at radius 2 is 1.67 bits per heavy atom. The van der Waals surface area contributed by atoms with E-state index in [-0.39, 0.29) is 11.3 Å². The standard InChI is InChI=1S/C20H12F4N2O/c1-11-2-4-12(5-3-11)18-9-14(16(10-25)19(27)26-18)15-8-13(20(22,23)24)6-7-17(15)21/h2-9H,1H3,(H,26,27). The number of halogens is 4. The van der Waals surface area contributed by atoms with Gasteiger partial charge in [-0.3, -0.25) is 4.79 Å². The van der Waals surface area contributed by atoms with Crippen LogP contribution in [-0.4, -0.2) is 4.98 Å². The quantitative estimate of drug-likeness (QED) is 0.640. The molecular formula is C20H12F4N2O. The maximum absolute atomic E-state index is 14.3. The first-order valence-corrected chi connectivity index (χ1v) is 7.82. The number of nitriles is 1. The van der Waals surface area contributed by atoms with Crippen molar-refractivity contribution in [3.05, 3.63) is 81.4 Å². The fraction of sp³-hybridized carbons (Fsp3) is 0.100. The minimum atomic E-state index is -4.68. The van der Waals surface area contributed by atoms with Gasteiger partial charge in [0.25, 0.3) is 5.56 Å². The molecule has 2 aromatic carbocycles. The summed E-state index contributed by atoms with van der Waals surface area (Å²) in [5.41, 5.74) is -1.16. The summed E-state index contributed by atoms with van der Waals surface area (Å²) in [6.45, 7) is 1.87. The van der Waals surface area contributed by atoms with Crippen LogP contribution in [0, 0.1) is 24.1 Å². The van der Waals surface area contributed by atoms with E-state index in [2.05, 4.69) is 4.98 Å². The van der Waals surface area contributed by atoms with Gasteiger partial charge in [0.2, 0.25) is 0 Å². The molecule has 0 bridgehead atoms. The Bertz CT molecular complexity index is 1110. The van der Waals surface area contributed by atoms with Crippen LogP contribution < -0.4 is 5.56 Å². The van der Waals surface area contributed by atoms with Crippen LogP contribution in [0.4, 0.5) is 17.6 Å². The number of aromatic amines is 1. The van der Waals surface area contributed by atoms with Crippen LogP contribution in [0.3, 0.4) is 0 Å². The number of hydrogen-bond donors (Lipinski definition) is 1. The molecule has 1 heterocycles. The van der Waals surface area contributed by atoms with Crippen LogP contribution in [0.1, 0.15) is 16.7 Å². The van der Waals surface area contributed by atoms with Crippen LogP contribution in [-0.2, 0) is 6.18 Å². The predicted octanol–water partition coefficient (Wildman–Crippen LogP) is 5.05. The topological polar surface area (TPSA) is 56.6 Å². The predicted molar refractivity (Wildman–Crippen MR) is 92.3 cm³/mol. The van der Waals surface area contributed by atoms with Gasteiger partial charge in [0.1, 0.15) is 17.4 Å². The molecule has 0 amide bonds. The lowest BCUT2D eigenvalue weighted by Gasteiger charge is -2.12. The number of aryl methyl sites for hydroxylation is 1. The Hall–Kier alpha value is -3.40. The largest absolute Gasteiger partial charge is 0.416 e. The lowest BCUT2D eigenvalue weighted by molar-refractivity contribution is -0.137. The lowest BCUT2D eigenvalue weighted by Crippen LogP contribution is -2.13. The molecule has 1 aromatic heterocycles. The van der Waals surface area contributed by atoms with E-state index in [4.69, 9.17) is 0 Å². The Morgan fingerprint density at radius 1 is 1.00 bits per heavy atom. The summed E-state index contributed by atoms with van der Waals surface area (Å²) in [7, 11) is 0. The molecule has 0 unspecified atom stereocenters. The van der Waals surface area contributed by atoms with Crippen LogP contribution in [0.15, 0.2) is 53.3 Å². The van der Waals surface area contributed by atoms with Crippen LogP contribution in [0.2, 0.25) is 0 Å². The third-order valence-corrected chi connectivity index (χ3v) is 4.09. The Labute approximate surface area is 151 Å². The van der Waals surface area contributed by atoms with Gasteiger partial charge < -0.3 is 4.98 Å². The van der Waals surface area contributed by atoms with Gasteiger partial charge in [-0.05, 0) is 36.8 Å². The van der Waals surface area contributed by atoms with Crippen LogP contribution in [0.25, 0.3) is 22.4 Å². The molecule has 1 N–H and O–H groups in total. The third-order valence-electron chi connectivity index (χ3n) is 4.09. The molecule has 136 valence electrons. The number of hydrogen-bond acceptors (Lipinski definition) is 2. The smallest absolute Gasteiger partial charge is 0.321 e. The third kappa shape index (κ3) is 3.60. The zero-order valence-corrected chi connectivity index (χ0v) is 14.0. The normalized spacial score (nSPS) is 11.3. The zero-order valence-electron chi connectivity index (χ0n) is 14.0. The van der Waals surface area contributed by atoms with Crippen molar-refractivity contribution in [1.82, 2.24) is 4.98 Å². The van der Waals surface area contributed by atoms with E-state index >= 15 is 0 Å². The van der Waals surface area contributed by atoms with Crippen molar-refractivity contribution in [2.75, 3.05) is 0 Å². The van der Waals surface area contributed by atoms with Crippen LogP contribution >= 0.6 is 0 Å². The fourth-order valence-electron chi connectivity index (χ4n) is 2.68. The van der Waals surface area contributed by atoms with E-state index in [1.54, 1.807) is 30.3 Å². The molecular weight excluding hydrogens is 360 g/mol. The summed E-state index contributed by atoms with van der Waals surface area (Å²) in [5.74, 6) is -0.958. The van der Waals surface area contributed by atoms with Crippen molar-refractivity contribution in [2.45, 2.75) is 13.1 Å². The van der Waals surface area contributed by atoms with Crippen molar-refractivity contribution in [1.29, 1.82) is 5.26 Å². The number of rotatable bonds is 2. The molecule has 0 aliphatic rings. The fourth-order valence-corrected chi connectivity index (χ4v) is 2.68. The van der Waals surface area contributed by atoms with E-state index in [9.17, 15) is 27.6 Å². The number of nitrogens with one attached hydrogen (secondary N) is 1. The molecule has 3 rings (SSSR count). The van der Waals surface area contributed by atoms with E-state index in [1.807, 2.05) is 6.92 Å². The van der Waals surface area contributed by atoms with Crippen molar-refractivity contribution in [3.63, 3.8) is 0 Å². The number of benzene rings is 2. The molecule has 3 nitrogen and oxygen atoms in total. The number of alkyl halides is 3. The van der Waals surface area contributed by atoms with Gasteiger partial charge in [-0.25, -0.2) is 4.39 Å². The van der Waals surface area contributed by atoms with Crippen molar-refractivity contribution < 1.29 is 17.6 Å². The van der Waals surface area contributed by atoms with Gasteiger partial charge in [-0.1, -0.05) is 29.8 Å². The van der Waals surface area contributed by atoms with Gasteiger partial charge >= 0.3 is 6.18 Å². The van der Waals surface area contributed by atoms with E-state index in [0.29, 0.717) is 23.8 Å². The van der Waals surface area contributed by atoms with Crippen molar-refractivity contribution in [2.24, 2.45) is 0 Å². The van der Waals surface area contributed by atoms with Gasteiger partial charge in [0.15, 0.2) is 0 Å². The highest BCUT2D eigenvalue weighted by atomic mass is 19.4. The molecule has 0 radical (unpaired) electrons. The van der Waals surface area contributed by atoms with Crippen molar-refractivity contribution >= 4 is 0 Å². The molecule has 0 aliphatic carbocycles. The number of H-pyrrole nitrogens is 1. The summed E-state index contributed by atoms with van der Waals surface area (Å²) in [5, 5.41) is 9.26. The van der Waals surface area contributed by atoms with Crippen LogP contribution in [0.5, 0.6) is 0 Å². The average molecular weight is 372 g/mol. The average Bonchev–Trinajstić information content (AvgIpc) is 2.61. The lowest BCUT2D eigenvalue weighted by atomic mass is 9.96. The highest BCUT2D eigenvalue weighted by Crippen LogP contribution is 2.35. The minimum absolute atomic E-state index is 0.194. The number of aromatic nitrogens is 1. The molecule has 7 heteroatoms. The highest BCUT2D eigenvalue weighted by molar-refractivity contribution is 5.76. The Morgan fingerprint density at radius 3 is 2.26 bits per heavy atom. The van der Waals surface area contributed by atoms with E-state index in [1.165, 1.54) is 6.07 Å². The van der Waals surface area contributed by atoms with E-state index in [0.717, 1.165) is 5.56 Å². The maximum Gasteiger partial charge on any atom is 0.416 e. The second kappa shape index (κ2) is 6.72. The summed E-state index contributed by atoms with van der Waals surface area (Å²) >= 11 is 0. The summed E-state index contributed by atoms with van der Waals surface area (Å²) in [4.78, 5) is 14.8. The summed E-state index contributed by atoms with van der Waals surface area (Å²) in [6.07, 6.45) is -4.68. The maximum atomic E-state index is 14.3. The first-order valence-electron chi connectivity index (χ1n) is 7.82. The van der Waals surface area contributed by atoms with Gasteiger partial charge in [-0.15, -0.1) is 0 Å². The molecule has 0 atom stereocenters. The molecule has 0 spiro atoms. The highest BCUT2D eigenvalue weighted by Gasteiger charge is 2.31. The molecule has 27 heavy (non-hydrogen) atoms. The van der Waals surface area contributed by atoms with Gasteiger partial charge in [0.05, 0.1) is 5.56 Å². The molecule has 3 aromatic rings.